The topological polar surface area (TPSA) is 198 Å². The van der Waals surface area contributed by atoms with Crippen LogP contribution in [-0.4, -0.2) is 93.1 Å². The average molecular weight is 856 g/mol. The van der Waals surface area contributed by atoms with Gasteiger partial charge in [0, 0.05) is 18.7 Å². The molecule has 15 nitrogen and oxygen atoms in total. The molecule has 1 saturated carbocycles. The molecule has 63 heavy (non-hydrogen) atoms. The average Bonchev–Trinajstić information content (AvgIpc) is 3.61. The van der Waals surface area contributed by atoms with Crippen LogP contribution in [0, 0.1) is 28.6 Å². The van der Waals surface area contributed by atoms with E-state index in [0.717, 1.165) is 69.5 Å². The molecule has 1 spiro atoms. The highest BCUT2D eigenvalue weighted by molar-refractivity contribution is 5.91. The standard InChI is InChI=1S/C48H57N9O6/c1-8-38(56(21-9-20-49)44(58)40(28(2)3)54-46(60)62-6)42-50-25-36(52-42)31-12-10-30(11-13-31)32-14-15-34-23-35(17-16-33(34)22-32)37-26-51-43(53-37)39-24-48(18-19-48)27-57(39)45(59)41(29(4)5)55-47(61)63-7/h10-17,22-23,25-26,28-29,38-41H,8-9,18-19,21,24,27H2,1-7H3,(H,50,52)(H,51,53)(H,54,60)(H,55,61)/t38-,39-,40-,41-/m0/s1. The highest BCUT2D eigenvalue weighted by Crippen LogP contribution is 2.58. The van der Waals surface area contributed by atoms with E-state index in [9.17, 15) is 24.4 Å². The Kier molecular flexibility index (Phi) is 13.2. The second-order valence-corrected chi connectivity index (χ2v) is 17.5. The van der Waals surface area contributed by atoms with Gasteiger partial charge in [0.05, 0.1) is 62.6 Å². The second-order valence-electron chi connectivity index (χ2n) is 17.5. The van der Waals surface area contributed by atoms with Gasteiger partial charge in [-0.3, -0.25) is 9.59 Å². The summed E-state index contributed by atoms with van der Waals surface area (Å²) in [5, 5.41) is 17.0. The van der Waals surface area contributed by atoms with E-state index in [0.29, 0.717) is 18.8 Å². The summed E-state index contributed by atoms with van der Waals surface area (Å²) in [5.41, 5.74) is 5.79. The zero-order valence-electron chi connectivity index (χ0n) is 37.0. The number of carbonyl (C=O) groups excluding carboxylic acids is 4. The summed E-state index contributed by atoms with van der Waals surface area (Å²) in [6.07, 6.45) is 5.93. The number of ether oxygens (including phenoxy) is 2. The Morgan fingerprint density at radius 2 is 1.40 bits per heavy atom. The van der Waals surface area contributed by atoms with Crippen molar-refractivity contribution in [3.63, 3.8) is 0 Å². The van der Waals surface area contributed by atoms with Gasteiger partial charge in [-0.15, -0.1) is 0 Å². The molecule has 3 heterocycles. The van der Waals surface area contributed by atoms with Crippen LogP contribution in [0.1, 0.15) is 90.5 Å². The molecule has 0 bridgehead atoms. The number of nitriles is 1. The van der Waals surface area contributed by atoms with E-state index in [1.165, 1.54) is 14.2 Å². The number of alkyl carbamates (subject to hydrolysis) is 2. The minimum Gasteiger partial charge on any atom is -0.453 e. The molecule has 2 aromatic heterocycles. The number of aromatic amines is 2. The van der Waals surface area contributed by atoms with Crippen molar-refractivity contribution in [2.45, 2.75) is 90.9 Å². The Bertz CT molecular complexity index is 2500. The molecule has 4 amide bonds. The van der Waals surface area contributed by atoms with Gasteiger partial charge in [0.15, 0.2) is 0 Å². The van der Waals surface area contributed by atoms with Crippen molar-refractivity contribution in [3.05, 3.63) is 84.7 Å². The fourth-order valence-electron chi connectivity index (χ4n) is 8.72. The lowest BCUT2D eigenvalue weighted by molar-refractivity contribution is -0.137. The van der Waals surface area contributed by atoms with Gasteiger partial charge in [-0.25, -0.2) is 19.6 Å². The quantitative estimate of drug-likeness (QED) is 0.0800. The van der Waals surface area contributed by atoms with Crippen LogP contribution < -0.4 is 10.6 Å². The number of carbonyl (C=O) groups is 4. The summed E-state index contributed by atoms with van der Waals surface area (Å²) in [6.45, 7) is 10.3. The van der Waals surface area contributed by atoms with Gasteiger partial charge >= 0.3 is 12.2 Å². The molecule has 2 aliphatic rings. The Morgan fingerprint density at radius 1 is 0.825 bits per heavy atom. The van der Waals surface area contributed by atoms with Crippen LogP contribution in [0.4, 0.5) is 9.59 Å². The Balaban J connectivity index is 1.06. The first kappa shape index (κ1) is 44.4. The first-order valence-electron chi connectivity index (χ1n) is 21.7. The number of hydrogen-bond acceptors (Lipinski definition) is 9. The number of rotatable bonds is 15. The van der Waals surface area contributed by atoms with Gasteiger partial charge < -0.3 is 39.9 Å². The zero-order chi connectivity index (χ0) is 45.0. The summed E-state index contributed by atoms with van der Waals surface area (Å²) >= 11 is 0. The summed E-state index contributed by atoms with van der Waals surface area (Å²) in [7, 11) is 2.56. The number of hydrogen-bond donors (Lipinski definition) is 4. The number of fused-ring (bicyclic) bond motifs is 1. The van der Waals surface area contributed by atoms with Crippen molar-refractivity contribution in [1.29, 1.82) is 5.26 Å². The molecule has 15 heteroatoms. The SMILES string of the molecule is CC[C@@H](c1ncc(-c2ccc(-c3ccc4cc(-c5cnc([C@@H]6CC7(CC7)CN6C(=O)[C@@H](NC(=O)OC)C(C)C)[nH]5)ccc4c3)cc2)[nH]1)N(CCC#N)C(=O)[C@@H](NC(=O)OC)C(C)C. The molecule has 330 valence electrons. The fourth-order valence-corrected chi connectivity index (χ4v) is 8.72. The van der Waals surface area contributed by atoms with Crippen LogP contribution >= 0.6 is 0 Å². The second kappa shape index (κ2) is 18.7. The number of benzene rings is 3. The maximum Gasteiger partial charge on any atom is 0.407 e. The lowest BCUT2D eigenvalue weighted by Gasteiger charge is -2.34. The molecule has 7 rings (SSSR count). The Morgan fingerprint density at radius 3 is 2.00 bits per heavy atom. The molecule has 5 aromatic rings. The van der Waals surface area contributed by atoms with E-state index in [2.05, 4.69) is 80.2 Å². The Hall–Kier alpha value is -6.69. The number of amides is 4. The third kappa shape index (κ3) is 9.55. The van der Waals surface area contributed by atoms with Crippen LogP contribution in [-0.2, 0) is 19.1 Å². The molecule has 4 N–H and O–H groups in total. The van der Waals surface area contributed by atoms with Crippen LogP contribution in [0.15, 0.2) is 73.1 Å². The van der Waals surface area contributed by atoms with E-state index < -0.39 is 30.3 Å². The molecule has 1 aliphatic carbocycles. The molecule has 0 unspecified atom stereocenters. The number of nitrogens with one attached hydrogen (secondary N) is 4. The van der Waals surface area contributed by atoms with E-state index >= 15 is 0 Å². The summed E-state index contributed by atoms with van der Waals surface area (Å²) in [4.78, 5) is 72.0. The smallest absolute Gasteiger partial charge is 0.407 e. The molecule has 2 fully saturated rings. The van der Waals surface area contributed by atoms with E-state index in [1.54, 1.807) is 11.1 Å². The molecule has 0 radical (unpaired) electrons. The molecule has 4 atom stereocenters. The van der Waals surface area contributed by atoms with Crippen molar-refractivity contribution in [1.82, 2.24) is 40.4 Å². The summed E-state index contributed by atoms with van der Waals surface area (Å²) in [6, 6.07) is 20.9. The van der Waals surface area contributed by atoms with Crippen LogP contribution in [0.5, 0.6) is 0 Å². The zero-order valence-corrected chi connectivity index (χ0v) is 37.0. The first-order chi connectivity index (χ1) is 30.3. The van der Waals surface area contributed by atoms with Crippen molar-refractivity contribution in [3.8, 4) is 39.7 Å². The Labute approximate surface area is 368 Å². The third-order valence-electron chi connectivity index (χ3n) is 12.5. The highest BCUT2D eigenvalue weighted by atomic mass is 16.5. The van der Waals surface area contributed by atoms with Crippen LogP contribution in [0.3, 0.4) is 0 Å². The summed E-state index contributed by atoms with van der Waals surface area (Å²) < 4.78 is 9.59. The highest BCUT2D eigenvalue weighted by Gasteiger charge is 2.55. The number of nitrogens with zero attached hydrogens (tertiary/aromatic N) is 5. The van der Waals surface area contributed by atoms with E-state index in [1.807, 2.05) is 57.8 Å². The number of likely N-dealkylation sites (tertiary alicyclic amines) is 1. The number of H-pyrrole nitrogens is 2. The predicted octanol–water partition coefficient (Wildman–Crippen LogP) is 8.30. The molecule has 1 aliphatic heterocycles. The lowest BCUT2D eigenvalue weighted by atomic mass is 9.98. The molecule has 3 aromatic carbocycles. The maximum absolute atomic E-state index is 13.9. The van der Waals surface area contributed by atoms with Gasteiger partial charge in [0.25, 0.3) is 0 Å². The van der Waals surface area contributed by atoms with Crippen molar-refractivity contribution in [2.75, 3.05) is 27.3 Å². The van der Waals surface area contributed by atoms with Crippen LogP contribution in [0.25, 0.3) is 44.4 Å². The van der Waals surface area contributed by atoms with Gasteiger partial charge in [-0.2, -0.15) is 5.26 Å². The number of methoxy groups -OCH3 is 2. The first-order valence-corrected chi connectivity index (χ1v) is 21.7. The molecular formula is C48H57N9O6. The normalized spacial score (nSPS) is 16.7. The monoisotopic (exact) mass is 855 g/mol. The minimum atomic E-state index is -0.833. The molecular weight excluding hydrogens is 799 g/mol. The largest absolute Gasteiger partial charge is 0.453 e. The minimum absolute atomic E-state index is 0.109. The van der Waals surface area contributed by atoms with Gasteiger partial charge in [0.1, 0.15) is 23.7 Å². The van der Waals surface area contributed by atoms with Crippen molar-refractivity contribution >= 4 is 34.8 Å². The van der Waals surface area contributed by atoms with Gasteiger partial charge in [-0.05, 0) is 82.5 Å². The van der Waals surface area contributed by atoms with E-state index in [-0.39, 0.29) is 48.1 Å². The number of imidazole rings is 2. The maximum atomic E-state index is 13.9. The van der Waals surface area contributed by atoms with Crippen LogP contribution in [0.2, 0.25) is 0 Å². The number of aromatic nitrogens is 4. The van der Waals surface area contributed by atoms with E-state index in [4.69, 9.17) is 14.5 Å². The van der Waals surface area contributed by atoms with Crippen molar-refractivity contribution < 1.29 is 28.7 Å². The predicted molar refractivity (Wildman–Crippen MR) is 239 cm³/mol. The lowest BCUT2D eigenvalue weighted by Crippen LogP contribution is -2.52. The van der Waals surface area contributed by atoms with Gasteiger partial charge in [-0.1, -0.05) is 83.1 Å². The third-order valence-corrected chi connectivity index (χ3v) is 12.5. The summed E-state index contributed by atoms with van der Waals surface area (Å²) in [5.74, 6) is 0.589. The fraction of sp³-hybridized carbons (Fsp3) is 0.438. The molecule has 1 saturated heterocycles. The van der Waals surface area contributed by atoms with Gasteiger partial charge in [0.2, 0.25) is 11.8 Å². The van der Waals surface area contributed by atoms with Crippen molar-refractivity contribution in [2.24, 2.45) is 17.3 Å².